The van der Waals surface area contributed by atoms with Crippen LogP contribution in [0, 0.1) is 6.92 Å². The summed E-state index contributed by atoms with van der Waals surface area (Å²) in [5, 5.41) is 11.6. The lowest BCUT2D eigenvalue weighted by Crippen LogP contribution is -2.44. The van der Waals surface area contributed by atoms with Gasteiger partial charge in [0.25, 0.3) is 0 Å². The van der Waals surface area contributed by atoms with E-state index in [9.17, 15) is 0 Å². The van der Waals surface area contributed by atoms with E-state index in [4.69, 9.17) is 31.2 Å². The van der Waals surface area contributed by atoms with Crippen molar-refractivity contribution in [3.8, 4) is 22.5 Å². The van der Waals surface area contributed by atoms with Crippen LogP contribution in [0.2, 0.25) is 23.2 Å². The van der Waals surface area contributed by atoms with Gasteiger partial charge in [-0.15, -0.1) is 0 Å². The highest BCUT2D eigenvalue weighted by Crippen LogP contribution is 2.40. The van der Waals surface area contributed by atoms with Crippen molar-refractivity contribution < 1.29 is 4.43 Å². The zero-order chi connectivity index (χ0) is 28.2. The van der Waals surface area contributed by atoms with Crippen LogP contribution in [0.1, 0.15) is 58.2 Å². The average Bonchev–Trinajstić information content (AvgIpc) is 3.55. The van der Waals surface area contributed by atoms with Gasteiger partial charge in [-0.1, -0.05) is 44.5 Å². The maximum Gasteiger partial charge on any atom is 0.192 e. The molecule has 4 heterocycles. The second-order valence-electron chi connectivity index (χ2n) is 12.6. The van der Waals surface area contributed by atoms with Gasteiger partial charge >= 0.3 is 0 Å². The fourth-order valence-corrected chi connectivity index (χ4v) is 6.99. The van der Waals surface area contributed by atoms with Crippen molar-refractivity contribution in [2.75, 3.05) is 0 Å². The van der Waals surface area contributed by atoms with E-state index in [0.29, 0.717) is 17.2 Å². The third-order valence-electron chi connectivity index (χ3n) is 8.79. The Bertz CT molecular complexity index is 1690. The van der Waals surface area contributed by atoms with Gasteiger partial charge in [0.1, 0.15) is 5.69 Å². The van der Waals surface area contributed by atoms with Gasteiger partial charge in [-0.25, -0.2) is 14.5 Å². The minimum absolute atomic E-state index is 0.240. The molecule has 0 spiro atoms. The quantitative estimate of drug-likeness (QED) is 0.198. The number of rotatable bonds is 5. The third-order valence-corrected chi connectivity index (χ3v) is 13.6. The van der Waals surface area contributed by atoms with Gasteiger partial charge in [-0.2, -0.15) is 10.2 Å². The molecule has 40 heavy (non-hydrogen) atoms. The van der Waals surface area contributed by atoms with Gasteiger partial charge in [0.15, 0.2) is 14.0 Å². The highest BCUT2D eigenvalue weighted by Gasteiger charge is 2.40. The number of hydrogen-bond donors (Lipinski definition) is 0. The molecule has 1 fully saturated rings. The maximum atomic E-state index is 6.70. The zero-order valence-electron chi connectivity index (χ0n) is 24.1. The first-order valence-electron chi connectivity index (χ1n) is 14.1. The molecule has 0 unspecified atom stereocenters. The Hall–Kier alpha value is -3.07. The van der Waals surface area contributed by atoms with Crippen LogP contribution < -0.4 is 0 Å². The Morgan fingerprint density at radius 1 is 1.00 bits per heavy atom. The van der Waals surface area contributed by atoms with Gasteiger partial charge in [0.05, 0.1) is 35.3 Å². The average molecular weight is 573 g/mol. The molecule has 7 nitrogen and oxygen atoms in total. The van der Waals surface area contributed by atoms with Crippen molar-refractivity contribution in [2.45, 2.75) is 83.7 Å². The molecule has 0 amide bonds. The molecule has 1 aromatic carbocycles. The van der Waals surface area contributed by atoms with E-state index in [-0.39, 0.29) is 5.04 Å². The van der Waals surface area contributed by atoms with Crippen LogP contribution in [-0.4, -0.2) is 43.8 Å². The molecule has 5 aromatic rings. The van der Waals surface area contributed by atoms with Crippen LogP contribution in [0.15, 0.2) is 55.0 Å². The first-order valence-corrected chi connectivity index (χ1v) is 17.4. The zero-order valence-corrected chi connectivity index (χ0v) is 25.9. The van der Waals surface area contributed by atoms with Crippen LogP contribution >= 0.6 is 11.6 Å². The van der Waals surface area contributed by atoms with E-state index in [1.54, 1.807) is 0 Å². The summed E-state index contributed by atoms with van der Waals surface area (Å²) in [5.74, 6) is 0. The van der Waals surface area contributed by atoms with Crippen molar-refractivity contribution in [1.29, 1.82) is 0 Å². The molecular formula is C31H37ClN6OSi. The molecular weight excluding hydrogens is 536 g/mol. The lowest BCUT2D eigenvalue weighted by atomic mass is 9.93. The second-order valence-corrected chi connectivity index (χ2v) is 17.8. The summed E-state index contributed by atoms with van der Waals surface area (Å²) in [6.07, 6.45) is 10.7. The Balaban J connectivity index is 1.21. The van der Waals surface area contributed by atoms with E-state index in [1.165, 1.54) is 0 Å². The number of aromatic nitrogens is 6. The van der Waals surface area contributed by atoms with Crippen LogP contribution in [0.3, 0.4) is 0 Å². The highest BCUT2D eigenvalue weighted by atomic mass is 35.5. The third kappa shape index (κ3) is 5.08. The van der Waals surface area contributed by atoms with Gasteiger partial charge in [-0.3, -0.25) is 4.68 Å². The molecule has 0 saturated heterocycles. The number of imidazole rings is 1. The van der Waals surface area contributed by atoms with Crippen LogP contribution in [0.25, 0.3) is 39.1 Å². The first-order chi connectivity index (χ1) is 19.0. The molecule has 0 atom stereocenters. The standard InChI is InChI=1S/C31H37ClN6OSi/c1-20-26(22-17-34-37(19-22)24-10-12-25(13-11-24)39-40(5,6)31(2,3)4)16-30-33-18-29(38(30)36-20)27-14-8-21-7-9-23(32)15-28(21)35-27/h7-9,14-19,24-25H,10-13H2,1-6H3. The predicted octanol–water partition coefficient (Wildman–Crippen LogP) is 8.28. The smallest absolute Gasteiger partial charge is 0.192 e. The van der Waals surface area contributed by atoms with Crippen molar-refractivity contribution in [3.05, 3.63) is 65.7 Å². The van der Waals surface area contributed by atoms with Crippen molar-refractivity contribution in [2.24, 2.45) is 0 Å². The molecule has 0 bridgehead atoms. The van der Waals surface area contributed by atoms with Crippen LogP contribution in [0.4, 0.5) is 0 Å². The molecule has 0 aliphatic heterocycles. The van der Waals surface area contributed by atoms with Crippen molar-refractivity contribution >= 4 is 36.5 Å². The fourth-order valence-electron chi connectivity index (χ4n) is 5.40. The van der Waals surface area contributed by atoms with Crippen molar-refractivity contribution in [1.82, 2.24) is 29.4 Å². The lowest BCUT2D eigenvalue weighted by molar-refractivity contribution is 0.115. The number of halogens is 1. The van der Waals surface area contributed by atoms with Gasteiger partial charge in [0, 0.05) is 33.8 Å². The molecule has 208 valence electrons. The van der Waals surface area contributed by atoms with E-state index in [2.05, 4.69) is 61.9 Å². The summed E-state index contributed by atoms with van der Waals surface area (Å²) < 4.78 is 10.7. The molecule has 6 rings (SSSR count). The monoisotopic (exact) mass is 572 g/mol. The first kappa shape index (κ1) is 27.1. The largest absolute Gasteiger partial charge is 0.414 e. The summed E-state index contributed by atoms with van der Waals surface area (Å²) >= 11 is 6.20. The van der Waals surface area contributed by atoms with E-state index >= 15 is 0 Å². The summed E-state index contributed by atoms with van der Waals surface area (Å²) in [7, 11) is -1.74. The van der Waals surface area contributed by atoms with Gasteiger partial charge < -0.3 is 4.43 Å². The normalized spacial score (nSPS) is 18.6. The predicted molar refractivity (Wildman–Crippen MR) is 164 cm³/mol. The molecule has 1 saturated carbocycles. The fraction of sp³-hybridized carbons (Fsp3) is 0.419. The summed E-state index contributed by atoms with van der Waals surface area (Å²) in [5.41, 5.74) is 6.31. The topological polar surface area (TPSA) is 70.1 Å². The molecule has 4 aromatic heterocycles. The van der Waals surface area contributed by atoms with Crippen molar-refractivity contribution in [3.63, 3.8) is 0 Å². The Morgan fingerprint density at radius 3 is 2.50 bits per heavy atom. The van der Waals surface area contributed by atoms with Gasteiger partial charge in [-0.05, 0) is 75.0 Å². The Morgan fingerprint density at radius 2 is 1.75 bits per heavy atom. The van der Waals surface area contributed by atoms with Crippen LogP contribution in [0.5, 0.6) is 0 Å². The summed E-state index contributed by atoms with van der Waals surface area (Å²) in [6, 6.07) is 12.3. The minimum Gasteiger partial charge on any atom is -0.414 e. The Kier molecular flexibility index (Phi) is 6.84. The molecule has 0 radical (unpaired) electrons. The highest BCUT2D eigenvalue weighted by molar-refractivity contribution is 6.74. The number of aryl methyl sites for hydroxylation is 1. The minimum atomic E-state index is -1.74. The maximum absolute atomic E-state index is 6.70. The number of fused-ring (bicyclic) bond motifs is 2. The molecule has 0 N–H and O–H groups in total. The second kappa shape index (κ2) is 10.1. The number of nitrogens with zero attached hydrogens (tertiary/aromatic N) is 6. The summed E-state index contributed by atoms with van der Waals surface area (Å²) in [4.78, 5) is 9.49. The van der Waals surface area contributed by atoms with Crippen LogP contribution in [-0.2, 0) is 4.43 Å². The number of benzene rings is 1. The molecule has 1 aliphatic carbocycles. The Labute approximate surface area is 241 Å². The number of pyridine rings is 1. The lowest BCUT2D eigenvalue weighted by Gasteiger charge is -2.41. The van der Waals surface area contributed by atoms with E-state index in [0.717, 1.165) is 70.4 Å². The number of hydrogen-bond acceptors (Lipinski definition) is 5. The SMILES string of the molecule is Cc1nn2c(-c3ccc4ccc(Cl)cc4n3)cnc2cc1-c1cnn(C2CCC(O[Si](C)(C)C(C)(C)C)CC2)c1. The summed E-state index contributed by atoms with van der Waals surface area (Å²) in [6.45, 7) is 13.7. The molecule has 9 heteroatoms. The molecule has 1 aliphatic rings. The van der Waals surface area contributed by atoms with Gasteiger partial charge in [0.2, 0.25) is 0 Å². The van der Waals surface area contributed by atoms with E-state index < -0.39 is 8.32 Å². The van der Waals surface area contributed by atoms with E-state index in [1.807, 2.05) is 48.1 Å².